The summed E-state index contributed by atoms with van der Waals surface area (Å²) in [6, 6.07) is 14.0. The quantitative estimate of drug-likeness (QED) is 0.466. The minimum atomic E-state index is -0.531. The number of carbonyl (C=O) groups excluding carboxylic acids is 1. The molecule has 170 valence electrons. The van der Waals surface area contributed by atoms with Crippen LogP contribution in [0.15, 0.2) is 64.2 Å². The molecule has 0 bridgehead atoms. The van der Waals surface area contributed by atoms with Gasteiger partial charge in [-0.25, -0.2) is 4.39 Å². The van der Waals surface area contributed by atoms with Crippen LogP contribution < -0.4 is 0 Å². The Morgan fingerprint density at radius 2 is 1.88 bits per heavy atom. The Morgan fingerprint density at radius 1 is 1.12 bits per heavy atom. The highest BCUT2D eigenvalue weighted by atomic mass is 35.5. The molecule has 0 unspecified atom stereocenters. The van der Waals surface area contributed by atoms with Crippen LogP contribution >= 0.6 is 23.4 Å². The molecule has 0 atom stereocenters. The zero-order valence-corrected chi connectivity index (χ0v) is 20.1. The summed E-state index contributed by atoms with van der Waals surface area (Å²) in [4.78, 5) is 16.9. The molecule has 1 aromatic heterocycles. The molecule has 3 heterocycles. The number of nitrogens with zero attached hydrogens (tertiary/aromatic N) is 4. The molecule has 1 N–H and O–H groups in total. The number of benzene rings is 2. The van der Waals surface area contributed by atoms with Gasteiger partial charge in [0.15, 0.2) is 5.84 Å². The summed E-state index contributed by atoms with van der Waals surface area (Å²) in [5.41, 5.74) is 4.96. The number of fused-ring (bicyclic) bond motifs is 1. The van der Waals surface area contributed by atoms with Crippen LogP contribution in [0, 0.1) is 32.0 Å². The Balaban J connectivity index is 1.52. The molecule has 0 saturated heterocycles. The fourth-order valence-corrected chi connectivity index (χ4v) is 5.04. The largest absolute Gasteiger partial charge is 0.318 e. The summed E-state index contributed by atoms with van der Waals surface area (Å²) in [6.45, 7) is 5.86. The van der Waals surface area contributed by atoms with Crippen molar-refractivity contribution in [2.24, 2.45) is 10.1 Å². The van der Waals surface area contributed by atoms with Gasteiger partial charge in [-0.15, -0.1) is 0 Å². The van der Waals surface area contributed by atoms with E-state index in [1.165, 1.54) is 11.1 Å². The minimum Gasteiger partial charge on any atom is -0.318 e. The zero-order chi connectivity index (χ0) is 24.1. The summed E-state index contributed by atoms with van der Waals surface area (Å²) < 4.78 is 16.3. The molecule has 0 radical (unpaired) electrons. The fraction of sp³-hybridized carbons (Fsp3) is 0.120. The van der Waals surface area contributed by atoms with Gasteiger partial charge in [0.05, 0.1) is 5.57 Å². The van der Waals surface area contributed by atoms with Gasteiger partial charge in [0, 0.05) is 27.7 Å². The van der Waals surface area contributed by atoms with Crippen molar-refractivity contribution < 1.29 is 9.18 Å². The van der Waals surface area contributed by atoms with E-state index in [0.29, 0.717) is 15.6 Å². The van der Waals surface area contributed by atoms with E-state index in [2.05, 4.69) is 10.1 Å². The smallest absolute Gasteiger partial charge is 0.283 e. The first kappa shape index (κ1) is 22.3. The number of amides is 1. The van der Waals surface area contributed by atoms with Gasteiger partial charge in [-0.3, -0.25) is 10.2 Å². The second-order valence-corrected chi connectivity index (χ2v) is 9.36. The monoisotopic (exact) mass is 491 g/mol. The molecule has 2 aliphatic rings. The van der Waals surface area contributed by atoms with Gasteiger partial charge in [0.25, 0.3) is 5.91 Å². The van der Waals surface area contributed by atoms with E-state index in [4.69, 9.17) is 17.0 Å². The number of aryl methyl sites for hydroxylation is 2. The van der Waals surface area contributed by atoms with E-state index in [0.717, 1.165) is 40.0 Å². The summed E-state index contributed by atoms with van der Waals surface area (Å²) in [7, 11) is 0. The Bertz CT molecular complexity index is 1490. The molecule has 0 saturated carbocycles. The molecule has 9 heteroatoms. The normalized spacial score (nSPS) is 16.7. The lowest BCUT2D eigenvalue weighted by atomic mass is 10.1. The Hall–Kier alpha value is -3.49. The molecule has 6 nitrogen and oxygen atoms in total. The van der Waals surface area contributed by atoms with Crippen LogP contribution in [0.3, 0.4) is 0 Å². The molecule has 2 aliphatic heterocycles. The SMILES string of the molecule is Cc1ccc(-n2c(C)cc(C=C3C(=N)N4N=C(c5ccccc5F)SC4=NC3=O)c2C)cc1Cl. The maximum atomic E-state index is 14.2. The highest BCUT2D eigenvalue weighted by Gasteiger charge is 2.36. The molecular formula is C25H19ClFN5OS. The van der Waals surface area contributed by atoms with Gasteiger partial charge in [-0.2, -0.15) is 15.1 Å². The van der Waals surface area contributed by atoms with Crippen LogP contribution in [0.25, 0.3) is 11.8 Å². The van der Waals surface area contributed by atoms with E-state index >= 15 is 0 Å². The number of thioether (sulfide) groups is 1. The van der Waals surface area contributed by atoms with Crippen molar-refractivity contribution >= 4 is 51.4 Å². The van der Waals surface area contributed by atoms with Crippen molar-refractivity contribution in [3.8, 4) is 5.69 Å². The average Bonchev–Trinajstić information content (AvgIpc) is 3.34. The second kappa shape index (κ2) is 8.38. The fourth-order valence-electron chi connectivity index (χ4n) is 3.94. The van der Waals surface area contributed by atoms with Crippen molar-refractivity contribution in [3.63, 3.8) is 0 Å². The number of amidine groups is 2. The molecule has 34 heavy (non-hydrogen) atoms. The maximum Gasteiger partial charge on any atom is 0.283 e. The Labute approximate surface area is 205 Å². The Kier molecular flexibility index (Phi) is 5.50. The van der Waals surface area contributed by atoms with Gasteiger partial charge < -0.3 is 4.57 Å². The van der Waals surface area contributed by atoms with Crippen LogP contribution in [0.1, 0.15) is 28.1 Å². The van der Waals surface area contributed by atoms with Gasteiger partial charge in [0.2, 0.25) is 5.17 Å². The topological polar surface area (TPSA) is 73.8 Å². The molecule has 1 amide bonds. The third-order valence-electron chi connectivity index (χ3n) is 5.74. The summed E-state index contributed by atoms with van der Waals surface area (Å²) in [5.74, 6) is -1.06. The number of rotatable bonds is 3. The number of nitrogens with one attached hydrogen (secondary N) is 1. The molecule has 0 aliphatic carbocycles. The lowest BCUT2D eigenvalue weighted by molar-refractivity contribution is -0.114. The third-order valence-corrected chi connectivity index (χ3v) is 7.09. The van der Waals surface area contributed by atoms with Gasteiger partial charge in [-0.05, 0) is 80.1 Å². The molecule has 3 aromatic rings. The summed E-state index contributed by atoms with van der Waals surface area (Å²) in [6.07, 6.45) is 1.65. The number of hydrazone groups is 1. The molecule has 0 spiro atoms. The first-order valence-corrected chi connectivity index (χ1v) is 11.6. The number of carbonyl (C=O) groups is 1. The lowest BCUT2D eigenvalue weighted by Gasteiger charge is -2.20. The molecular weight excluding hydrogens is 473 g/mol. The third kappa shape index (κ3) is 3.69. The van der Waals surface area contributed by atoms with Crippen molar-refractivity contribution in [1.82, 2.24) is 9.58 Å². The van der Waals surface area contributed by atoms with Gasteiger partial charge in [0.1, 0.15) is 10.9 Å². The minimum absolute atomic E-state index is 0.1000. The highest BCUT2D eigenvalue weighted by Crippen LogP contribution is 2.32. The van der Waals surface area contributed by atoms with Crippen LogP contribution in [0.4, 0.5) is 4.39 Å². The van der Waals surface area contributed by atoms with Crippen LogP contribution in [-0.2, 0) is 4.79 Å². The van der Waals surface area contributed by atoms with Crippen LogP contribution in [0.5, 0.6) is 0 Å². The number of aromatic nitrogens is 1. The van der Waals surface area contributed by atoms with Crippen LogP contribution in [-0.4, -0.2) is 31.5 Å². The first-order chi connectivity index (χ1) is 16.2. The van der Waals surface area contributed by atoms with Crippen LogP contribution in [0.2, 0.25) is 5.02 Å². The standard InChI is InChI=1S/C25H19ClFN5OS/c1-13-8-9-17(12-20(13)26)31-14(2)10-16(15(31)3)11-19-22(28)32-25(29-23(19)33)34-24(30-32)18-6-4-5-7-21(18)27/h4-12,28H,1-3H3. The number of halogens is 2. The van der Waals surface area contributed by atoms with E-state index in [9.17, 15) is 9.18 Å². The van der Waals surface area contributed by atoms with Gasteiger partial charge in [-0.1, -0.05) is 29.8 Å². The molecule has 2 aromatic carbocycles. The zero-order valence-electron chi connectivity index (χ0n) is 18.6. The lowest BCUT2D eigenvalue weighted by Crippen LogP contribution is -2.35. The van der Waals surface area contributed by atoms with Crippen molar-refractivity contribution in [3.05, 3.63) is 93.0 Å². The number of aliphatic imine (C=N–C) groups is 1. The number of hydrogen-bond donors (Lipinski definition) is 1. The molecule has 5 rings (SSSR count). The van der Waals surface area contributed by atoms with Crippen molar-refractivity contribution in [2.45, 2.75) is 20.8 Å². The van der Waals surface area contributed by atoms with Gasteiger partial charge >= 0.3 is 0 Å². The maximum absolute atomic E-state index is 14.2. The number of hydrogen-bond acceptors (Lipinski definition) is 4. The second-order valence-electron chi connectivity index (χ2n) is 8.00. The molecule has 0 fully saturated rings. The van der Waals surface area contributed by atoms with Crippen molar-refractivity contribution in [1.29, 1.82) is 5.41 Å². The van der Waals surface area contributed by atoms with E-state index < -0.39 is 11.7 Å². The predicted molar refractivity (Wildman–Crippen MR) is 136 cm³/mol. The highest BCUT2D eigenvalue weighted by molar-refractivity contribution is 8.27. The first-order valence-electron chi connectivity index (χ1n) is 10.4. The Morgan fingerprint density at radius 3 is 2.62 bits per heavy atom. The van der Waals surface area contributed by atoms with E-state index in [1.54, 1.807) is 24.3 Å². The van der Waals surface area contributed by atoms with E-state index in [-0.39, 0.29) is 16.6 Å². The van der Waals surface area contributed by atoms with E-state index in [1.807, 2.05) is 49.6 Å². The summed E-state index contributed by atoms with van der Waals surface area (Å²) >= 11 is 7.40. The summed E-state index contributed by atoms with van der Waals surface area (Å²) in [5, 5.41) is 15.5. The predicted octanol–water partition coefficient (Wildman–Crippen LogP) is 5.86. The average molecular weight is 492 g/mol. The van der Waals surface area contributed by atoms with Crippen molar-refractivity contribution in [2.75, 3.05) is 0 Å².